The van der Waals surface area contributed by atoms with Crippen LogP contribution in [0.25, 0.3) is 0 Å². The standard InChI is InChI=1S/C15H14Cl2N2O3S/c1-9(10-3-2-4-12(7-10)23(18,21)22)19-15(20)13-6-5-11(16)8-14(13)17/h2-9H,1H3,(H,19,20)(H2,18,21,22). The molecule has 2 aromatic carbocycles. The summed E-state index contributed by atoms with van der Waals surface area (Å²) in [5.74, 6) is -0.389. The average molecular weight is 373 g/mol. The molecule has 1 amide bonds. The fourth-order valence-electron chi connectivity index (χ4n) is 1.99. The number of rotatable bonds is 4. The highest BCUT2D eigenvalue weighted by Crippen LogP contribution is 2.22. The molecule has 0 radical (unpaired) electrons. The molecule has 3 N–H and O–H groups in total. The van der Waals surface area contributed by atoms with Crippen LogP contribution in [-0.4, -0.2) is 14.3 Å². The zero-order valence-corrected chi connectivity index (χ0v) is 14.4. The van der Waals surface area contributed by atoms with E-state index >= 15 is 0 Å². The van der Waals surface area contributed by atoms with Crippen molar-refractivity contribution in [2.75, 3.05) is 0 Å². The zero-order valence-electron chi connectivity index (χ0n) is 12.1. The van der Waals surface area contributed by atoms with Gasteiger partial charge in [0.15, 0.2) is 0 Å². The number of amides is 1. The van der Waals surface area contributed by atoms with Gasteiger partial charge in [-0.3, -0.25) is 4.79 Å². The van der Waals surface area contributed by atoms with Crippen LogP contribution < -0.4 is 10.5 Å². The summed E-state index contributed by atoms with van der Waals surface area (Å²) < 4.78 is 22.8. The van der Waals surface area contributed by atoms with E-state index in [0.29, 0.717) is 10.6 Å². The Balaban J connectivity index is 2.22. The lowest BCUT2D eigenvalue weighted by Crippen LogP contribution is -2.27. The maximum Gasteiger partial charge on any atom is 0.253 e. The van der Waals surface area contributed by atoms with E-state index in [1.54, 1.807) is 25.1 Å². The molecule has 0 saturated carbocycles. The van der Waals surface area contributed by atoms with Gasteiger partial charge in [-0.2, -0.15) is 0 Å². The zero-order chi connectivity index (χ0) is 17.2. The summed E-state index contributed by atoms with van der Waals surface area (Å²) in [4.78, 5) is 12.2. The number of primary sulfonamides is 1. The van der Waals surface area contributed by atoms with Crippen LogP contribution in [0, 0.1) is 0 Å². The lowest BCUT2D eigenvalue weighted by atomic mass is 10.1. The number of carbonyl (C=O) groups excluding carboxylic acids is 1. The number of halogens is 2. The fourth-order valence-corrected chi connectivity index (χ4v) is 3.06. The lowest BCUT2D eigenvalue weighted by Gasteiger charge is -2.15. The Labute approximate surface area is 144 Å². The van der Waals surface area contributed by atoms with Gasteiger partial charge in [-0.05, 0) is 42.8 Å². The third-order valence-corrected chi connectivity index (χ3v) is 4.67. The van der Waals surface area contributed by atoms with Crippen molar-refractivity contribution < 1.29 is 13.2 Å². The molecular weight excluding hydrogens is 359 g/mol. The predicted octanol–water partition coefficient (Wildman–Crippen LogP) is 3.13. The summed E-state index contributed by atoms with van der Waals surface area (Å²) >= 11 is 11.8. The van der Waals surface area contributed by atoms with Gasteiger partial charge < -0.3 is 5.32 Å². The van der Waals surface area contributed by atoms with E-state index in [2.05, 4.69) is 5.32 Å². The normalized spacial score (nSPS) is 12.7. The third-order valence-electron chi connectivity index (χ3n) is 3.21. The van der Waals surface area contributed by atoms with E-state index in [0.717, 1.165) is 0 Å². The maximum absolute atomic E-state index is 12.3. The molecule has 1 unspecified atom stereocenters. The predicted molar refractivity (Wildman–Crippen MR) is 90.2 cm³/mol. The van der Waals surface area contributed by atoms with Crippen molar-refractivity contribution in [1.29, 1.82) is 0 Å². The molecule has 0 spiro atoms. The van der Waals surface area contributed by atoms with Crippen LogP contribution in [0.2, 0.25) is 10.0 Å². The van der Waals surface area contributed by atoms with Crippen molar-refractivity contribution in [3.8, 4) is 0 Å². The molecule has 122 valence electrons. The smallest absolute Gasteiger partial charge is 0.253 e. The van der Waals surface area contributed by atoms with Gasteiger partial charge in [0.25, 0.3) is 5.91 Å². The van der Waals surface area contributed by atoms with Crippen molar-refractivity contribution in [1.82, 2.24) is 5.32 Å². The second-order valence-corrected chi connectivity index (χ2v) is 7.34. The Morgan fingerprint density at radius 1 is 1.17 bits per heavy atom. The first-order valence-electron chi connectivity index (χ1n) is 6.57. The molecule has 0 saturated heterocycles. The Hall–Kier alpha value is -1.60. The minimum absolute atomic E-state index is 0.0133. The van der Waals surface area contributed by atoms with E-state index in [9.17, 15) is 13.2 Å². The van der Waals surface area contributed by atoms with Crippen LogP contribution >= 0.6 is 23.2 Å². The first-order chi connectivity index (χ1) is 10.7. The van der Waals surface area contributed by atoms with E-state index in [-0.39, 0.29) is 21.4 Å². The summed E-state index contributed by atoms with van der Waals surface area (Å²) in [6.45, 7) is 1.73. The van der Waals surface area contributed by atoms with E-state index in [1.807, 2.05) is 0 Å². The molecule has 0 heterocycles. The molecule has 0 fully saturated rings. The Kier molecular flexibility index (Phi) is 5.31. The van der Waals surface area contributed by atoms with Crippen molar-refractivity contribution in [2.24, 2.45) is 5.14 Å². The molecule has 2 rings (SSSR count). The van der Waals surface area contributed by atoms with Crippen LogP contribution in [0.15, 0.2) is 47.4 Å². The van der Waals surface area contributed by atoms with Gasteiger partial charge in [-0.1, -0.05) is 35.3 Å². The van der Waals surface area contributed by atoms with Gasteiger partial charge in [-0.25, -0.2) is 13.6 Å². The Morgan fingerprint density at radius 3 is 2.48 bits per heavy atom. The highest BCUT2D eigenvalue weighted by molar-refractivity contribution is 7.89. The largest absolute Gasteiger partial charge is 0.345 e. The van der Waals surface area contributed by atoms with Gasteiger partial charge in [0.05, 0.1) is 21.5 Å². The summed E-state index contributed by atoms with van der Waals surface area (Å²) in [5.41, 5.74) is 0.889. The Morgan fingerprint density at radius 2 is 1.87 bits per heavy atom. The topological polar surface area (TPSA) is 89.3 Å². The van der Waals surface area contributed by atoms with Crippen molar-refractivity contribution in [3.05, 3.63) is 63.6 Å². The van der Waals surface area contributed by atoms with Gasteiger partial charge in [0.2, 0.25) is 10.0 Å². The summed E-state index contributed by atoms with van der Waals surface area (Å²) in [6.07, 6.45) is 0. The highest BCUT2D eigenvalue weighted by atomic mass is 35.5. The molecule has 1 atom stereocenters. The number of nitrogens with two attached hydrogens (primary N) is 1. The monoisotopic (exact) mass is 372 g/mol. The second-order valence-electron chi connectivity index (χ2n) is 4.94. The van der Waals surface area contributed by atoms with Crippen LogP contribution in [0.4, 0.5) is 0 Å². The third kappa shape index (κ3) is 4.45. The minimum Gasteiger partial charge on any atom is -0.345 e. The van der Waals surface area contributed by atoms with Crippen LogP contribution in [-0.2, 0) is 10.0 Å². The summed E-state index contributed by atoms with van der Waals surface area (Å²) in [5, 5.41) is 8.52. The number of sulfonamides is 1. The maximum atomic E-state index is 12.3. The van der Waals surface area contributed by atoms with Gasteiger partial charge >= 0.3 is 0 Å². The molecule has 0 aromatic heterocycles. The van der Waals surface area contributed by atoms with Gasteiger partial charge in [-0.15, -0.1) is 0 Å². The number of hydrogen-bond acceptors (Lipinski definition) is 3. The molecule has 0 aliphatic carbocycles. The Bertz CT molecular complexity index is 854. The summed E-state index contributed by atoms with van der Waals surface area (Å²) in [7, 11) is -3.80. The fraction of sp³-hybridized carbons (Fsp3) is 0.133. The first-order valence-corrected chi connectivity index (χ1v) is 8.87. The number of carbonyl (C=O) groups is 1. The van der Waals surface area contributed by atoms with E-state index in [4.69, 9.17) is 28.3 Å². The van der Waals surface area contributed by atoms with Crippen molar-refractivity contribution >= 4 is 39.1 Å². The lowest BCUT2D eigenvalue weighted by molar-refractivity contribution is 0.0940. The molecule has 5 nitrogen and oxygen atoms in total. The summed E-state index contributed by atoms with van der Waals surface area (Å²) in [6, 6.07) is 10.2. The molecule has 0 bridgehead atoms. The molecule has 23 heavy (non-hydrogen) atoms. The van der Waals surface area contributed by atoms with Crippen LogP contribution in [0.1, 0.15) is 28.9 Å². The minimum atomic E-state index is -3.80. The van der Waals surface area contributed by atoms with Crippen molar-refractivity contribution in [2.45, 2.75) is 17.9 Å². The quantitative estimate of drug-likeness (QED) is 0.863. The highest BCUT2D eigenvalue weighted by Gasteiger charge is 2.16. The first kappa shape index (κ1) is 17.7. The SMILES string of the molecule is CC(NC(=O)c1ccc(Cl)cc1Cl)c1cccc(S(N)(=O)=O)c1. The average Bonchev–Trinajstić information content (AvgIpc) is 2.46. The van der Waals surface area contributed by atoms with Gasteiger partial charge in [0.1, 0.15) is 0 Å². The van der Waals surface area contributed by atoms with E-state index in [1.165, 1.54) is 24.3 Å². The molecule has 0 aliphatic rings. The van der Waals surface area contributed by atoms with Gasteiger partial charge in [0, 0.05) is 5.02 Å². The number of benzene rings is 2. The van der Waals surface area contributed by atoms with Crippen LogP contribution in [0.5, 0.6) is 0 Å². The molecule has 8 heteroatoms. The second kappa shape index (κ2) is 6.88. The van der Waals surface area contributed by atoms with E-state index < -0.39 is 16.1 Å². The number of nitrogens with one attached hydrogen (secondary N) is 1. The molecular formula is C15H14Cl2N2O3S. The van der Waals surface area contributed by atoms with Crippen molar-refractivity contribution in [3.63, 3.8) is 0 Å². The number of hydrogen-bond donors (Lipinski definition) is 2. The molecule has 0 aliphatic heterocycles. The molecule has 2 aromatic rings. The van der Waals surface area contributed by atoms with Crippen LogP contribution in [0.3, 0.4) is 0 Å².